The van der Waals surface area contributed by atoms with Gasteiger partial charge in [-0.05, 0) is 74.4 Å². The van der Waals surface area contributed by atoms with E-state index in [2.05, 4.69) is 49.9 Å². The monoisotopic (exact) mass is 406 g/mol. The summed E-state index contributed by atoms with van der Waals surface area (Å²) in [6.07, 6.45) is 23.3. The molecule has 2 nitrogen and oxygen atoms in total. The number of rotatable bonds is 14. The second-order valence-corrected chi connectivity index (χ2v) is 10.1. The maximum atomic E-state index is 11.2. The summed E-state index contributed by atoms with van der Waals surface area (Å²) in [5.74, 6) is 4.64. The van der Waals surface area contributed by atoms with E-state index in [-0.39, 0.29) is 5.97 Å². The van der Waals surface area contributed by atoms with Crippen LogP contribution >= 0.6 is 11.8 Å². The minimum absolute atomic E-state index is 0.0925. The zero-order valence-corrected chi connectivity index (χ0v) is 19.2. The number of carbonyl (C=O) groups is 1. The number of thioether (sulfide) groups is 1. The molecule has 28 heavy (non-hydrogen) atoms. The first kappa shape index (κ1) is 23.6. The fourth-order valence-electron chi connectivity index (χ4n) is 5.24. The molecule has 0 unspecified atom stereocenters. The predicted octanol–water partition coefficient (Wildman–Crippen LogP) is 7.20. The van der Waals surface area contributed by atoms with E-state index in [0.29, 0.717) is 11.7 Å². The standard InChI is InChI=1S/C25H42O2S/c1-4-6-9-12-22(28-5-2)17-18-24-21-16-15-20(19-21)23(24)13-10-7-8-11-14-25(26)27-3/h7,10,17-18,20-24H,4-6,8-9,11-16,19H2,1-3H3/b10-7-,18-17+/t20-,21+,22-,23-,24-/m1/s1. The van der Waals surface area contributed by atoms with E-state index >= 15 is 0 Å². The number of unbranched alkanes of at least 4 members (excludes halogenated alkanes) is 3. The molecule has 2 saturated carbocycles. The zero-order valence-electron chi connectivity index (χ0n) is 18.4. The lowest BCUT2D eigenvalue weighted by Gasteiger charge is -2.28. The molecule has 160 valence electrons. The molecule has 2 bridgehead atoms. The Morgan fingerprint density at radius 3 is 2.71 bits per heavy atom. The van der Waals surface area contributed by atoms with Gasteiger partial charge in [-0.25, -0.2) is 0 Å². The van der Waals surface area contributed by atoms with Gasteiger partial charge in [-0.2, -0.15) is 11.8 Å². The summed E-state index contributed by atoms with van der Waals surface area (Å²) in [6, 6.07) is 0. The maximum Gasteiger partial charge on any atom is 0.305 e. The van der Waals surface area contributed by atoms with Crippen LogP contribution in [0.15, 0.2) is 24.3 Å². The molecule has 0 N–H and O–H groups in total. The van der Waals surface area contributed by atoms with Gasteiger partial charge in [0.2, 0.25) is 0 Å². The third kappa shape index (κ3) is 7.61. The number of methoxy groups -OCH3 is 1. The average Bonchev–Trinajstić information content (AvgIpc) is 3.30. The summed E-state index contributed by atoms with van der Waals surface area (Å²) >= 11 is 2.12. The van der Waals surface area contributed by atoms with E-state index in [1.165, 1.54) is 64.2 Å². The number of hydrogen-bond acceptors (Lipinski definition) is 3. The Kier molecular flexibility index (Phi) is 11.4. The molecule has 2 aliphatic rings. The SMILES string of the molecule is CCCCC[C@H](/C=C/[C@@H]1[C@H]2CC[C@H](C2)[C@H]1C/C=C\CCCC(=O)OC)SCC. The van der Waals surface area contributed by atoms with Crippen LogP contribution in [0.2, 0.25) is 0 Å². The molecule has 2 aliphatic carbocycles. The number of esters is 1. The van der Waals surface area contributed by atoms with Crippen LogP contribution in [-0.2, 0) is 9.53 Å². The Morgan fingerprint density at radius 2 is 1.96 bits per heavy atom. The van der Waals surface area contributed by atoms with E-state index in [0.717, 1.165) is 36.5 Å². The highest BCUT2D eigenvalue weighted by molar-refractivity contribution is 8.00. The van der Waals surface area contributed by atoms with Crippen molar-refractivity contribution < 1.29 is 9.53 Å². The second kappa shape index (κ2) is 13.5. The van der Waals surface area contributed by atoms with Gasteiger partial charge in [-0.15, -0.1) is 0 Å². The topological polar surface area (TPSA) is 26.3 Å². The molecule has 0 aromatic heterocycles. The van der Waals surface area contributed by atoms with Gasteiger partial charge in [0.25, 0.3) is 0 Å². The Labute approximate surface area is 178 Å². The molecule has 5 atom stereocenters. The van der Waals surface area contributed by atoms with E-state index in [1.54, 1.807) is 0 Å². The number of allylic oxidation sites excluding steroid dienone is 3. The Bertz CT molecular complexity index is 499. The molecule has 0 heterocycles. The summed E-state index contributed by atoms with van der Waals surface area (Å²) in [5.41, 5.74) is 0. The van der Waals surface area contributed by atoms with Crippen LogP contribution in [0.3, 0.4) is 0 Å². The van der Waals surface area contributed by atoms with Gasteiger partial charge in [-0.1, -0.05) is 57.4 Å². The van der Waals surface area contributed by atoms with Crippen LogP contribution in [-0.4, -0.2) is 24.1 Å². The van der Waals surface area contributed by atoms with Crippen LogP contribution in [0.4, 0.5) is 0 Å². The fourth-order valence-corrected chi connectivity index (χ4v) is 6.20. The molecule has 0 radical (unpaired) electrons. The summed E-state index contributed by atoms with van der Waals surface area (Å²) in [6.45, 7) is 4.58. The van der Waals surface area contributed by atoms with Crippen molar-refractivity contribution in [1.82, 2.24) is 0 Å². The van der Waals surface area contributed by atoms with Gasteiger partial charge in [-0.3, -0.25) is 4.79 Å². The highest BCUT2D eigenvalue weighted by Crippen LogP contribution is 2.54. The number of carbonyl (C=O) groups excluding carboxylic acids is 1. The molecule has 0 saturated heterocycles. The lowest BCUT2D eigenvalue weighted by atomic mass is 9.77. The molecular formula is C25H42O2S. The van der Waals surface area contributed by atoms with E-state index < -0.39 is 0 Å². The molecule has 0 amide bonds. The smallest absolute Gasteiger partial charge is 0.305 e. The van der Waals surface area contributed by atoms with Crippen LogP contribution in [0.1, 0.15) is 84.5 Å². The summed E-state index contributed by atoms with van der Waals surface area (Å²) < 4.78 is 4.71. The highest BCUT2D eigenvalue weighted by atomic mass is 32.2. The van der Waals surface area contributed by atoms with Gasteiger partial charge in [0.15, 0.2) is 0 Å². The van der Waals surface area contributed by atoms with Crippen LogP contribution in [0.5, 0.6) is 0 Å². The van der Waals surface area contributed by atoms with Crippen molar-refractivity contribution in [3.05, 3.63) is 24.3 Å². The van der Waals surface area contributed by atoms with Gasteiger partial charge >= 0.3 is 5.97 Å². The third-order valence-electron chi connectivity index (χ3n) is 6.73. The molecule has 0 aromatic rings. The van der Waals surface area contributed by atoms with Crippen molar-refractivity contribution in [3.63, 3.8) is 0 Å². The predicted molar refractivity (Wildman–Crippen MR) is 123 cm³/mol. The van der Waals surface area contributed by atoms with Gasteiger partial charge in [0.05, 0.1) is 7.11 Å². The molecular weight excluding hydrogens is 364 g/mol. The van der Waals surface area contributed by atoms with Crippen molar-refractivity contribution in [2.24, 2.45) is 23.7 Å². The van der Waals surface area contributed by atoms with Crippen LogP contribution in [0.25, 0.3) is 0 Å². The van der Waals surface area contributed by atoms with Gasteiger partial charge < -0.3 is 4.74 Å². The lowest BCUT2D eigenvalue weighted by molar-refractivity contribution is -0.140. The van der Waals surface area contributed by atoms with Gasteiger partial charge in [0, 0.05) is 11.7 Å². The minimum Gasteiger partial charge on any atom is -0.469 e. The zero-order chi connectivity index (χ0) is 20.2. The first-order chi connectivity index (χ1) is 13.7. The van der Waals surface area contributed by atoms with Gasteiger partial charge in [0.1, 0.15) is 0 Å². The quantitative estimate of drug-likeness (QED) is 0.173. The normalized spacial score (nSPS) is 27.8. The fraction of sp³-hybridized carbons (Fsp3) is 0.800. The summed E-state index contributed by atoms with van der Waals surface area (Å²) in [5, 5.41) is 0.713. The first-order valence-corrected chi connectivity index (χ1v) is 12.8. The minimum atomic E-state index is -0.0925. The summed E-state index contributed by atoms with van der Waals surface area (Å²) in [7, 11) is 1.47. The van der Waals surface area contributed by atoms with Crippen molar-refractivity contribution in [2.75, 3.05) is 12.9 Å². The third-order valence-corrected chi connectivity index (χ3v) is 7.89. The Balaban J connectivity index is 1.82. The van der Waals surface area contributed by atoms with E-state index in [4.69, 9.17) is 4.74 Å². The Hall–Kier alpha value is -0.700. The van der Waals surface area contributed by atoms with Crippen LogP contribution in [0, 0.1) is 23.7 Å². The number of hydrogen-bond donors (Lipinski definition) is 0. The van der Waals surface area contributed by atoms with Crippen molar-refractivity contribution in [3.8, 4) is 0 Å². The molecule has 3 heteroatoms. The number of fused-ring (bicyclic) bond motifs is 2. The van der Waals surface area contributed by atoms with Crippen molar-refractivity contribution >= 4 is 17.7 Å². The average molecular weight is 407 g/mol. The largest absolute Gasteiger partial charge is 0.469 e. The Morgan fingerprint density at radius 1 is 1.14 bits per heavy atom. The molecule has 2 rings (SSSR count). The lowest BCUT2D eigenvalue weighted by Crippen LogP contribution is -2.20. The summed E-state index contributed by atoms with van der Waals surface area (Å²) in [4.78, 5) is 11.2. The van der Waals surface area contributed by atoms with E-state index in [1.807, 2.05) is 0 Å². The second-order valence-electron chi connectivity index (χ2n) is 8.62. The first-order valence-electron chi connectivity index (χ1n) is 11.7. The van der Waals surface area contributed by atoms with E-state index in [9.17, 15) is 4.79 Å². The maximum absolute atomic E-state index is 11.2. The molecule has 0 aromatic carbocycles. The molecule has 2 fully saturated rings. The molecule has 0 aliphatic heterocycles. The number of ether oxygens (including phenoxy) is 1. The van der Waals surface area contributed by atoms with Crippen LogP contribution < -0.4 is 0 Å². The highest BCUT2D eigenvalue weighted by Gasteiger charge is 2.45. The molecule has 0 spiro atoms. The van der Waals surface area contributed by atoms with Crippen molar-refractivity contribution in [1.29, 1.82) is 0 Å². The van der Waals surface area contributed by atoms with Crippen molar-refractivity contribution in [2.45, 2.75) is 89.7 Å².